The van der Waals surface area contributed by atoms with Gasteiger partial charge in [-0.2, -0.15) is 5.10 Å². The first-order chi connectivity index (χ1) is 16.5. The minimum Gasteiger partial charge on any atom is -0.320 e. The van der Waals surface area contributed by atoms with Gasteiger partial charge >= 0.3 is 0 Å². The molecule has 3 N–H and O–H groups in total. The summed E-state index contributed by atoms with van der Waals surface area (Å²) in [6, 6.07) is 21.6. The van der Waals surface area contributed by atoms with Gasteiger partial charge in [0.15, 0.2) is 5.71 Å². The van der Waals surface area contributed by atoms with Gasteiger partial charge in [0.05, 0.1) is 5.69 Å². The Morgan fingerprint density at radius 3 is 2.38 bits per heavy atom. The van der Waals surface area contributed by atoms with Crippen LogP contribution in [0.3, 0.4) is 0 Å². The molecule has 1 heterocycles. The third kappa shape index (κ3) is 5.31. The van der Waals surface area contributed by atoms with Gasteiger partial charge in [-0.1, -0.05) is 60.7 Å². The second kappa shape index (κ2) is 10.2. The molecule has 168 valence electrons. The molecule has 7 nitrogen and oxygen atoms in total. The van der Waals surface area contributed by atoms with Gasteiger partial charge in [-0.05, 0) is 42.0 Å². The van der Waals surface area contributed by atoms with E-state index in [0.717, 1.165) is 11.6 Å². The number of hydrogen-bond donors (Lipinski definition) is 3. The number of hydrazone groups is 1. The number of hydrogen-bond acceptors (Lipinski definition) is 4. The van der Waals surface area contributed by atoms with Crippen molar-refractivity contribution in [2.24, 2.45) is 5.10 Å². The molecule has 3 amide bonds. The molecule has 0 aliphatic carbocycles. The van der Waals surface area contributed by atoms with E-state index in [4.69, 9.17) is 0 Å². The van der Waals surface area contributed by atoms with Crippen molar-refractivity contribution in [3.05, 3.63) is 119 Å². The van der Waals surface area contributed by atoms with Crippen LogP contribution in [0.4, 0.5) is 10.1 Å². The third-order valence-corrected chi connectivity index (χ3v) is 4.85. The molecule has 0 saturated carbocycles. The number of fused-ring (bicyclic) bond motifs is 1. The van der Waals surface area contributed by atoms with Crippen LogP contribution in [0, 0.1) is 5.82 Å². The average Bonchev–Trinajstić information content (AvgIpc) is 3.17. The molecule has 0 atom stereocenters. The molecule has 0 spiro atoms. The molecule has 1 aliphatic heterocycles. The van der Waals surface area contributed by atoms with E-state index in [1.807, 2.05) is 30.3 Å². The molecule has 34 heavy (non-hydrogen) atoms. The van der Waals surface area contributed by atoms with E-state index in [0.29, 0.717) is 11.3 Å². The molecule has 1 aliphatic rings. The van der Waals surface area contributed by atoms with Gasteiger partial charge in [-0.3, -0.25) is 14.4 Å². The highest BCUT2D eigenvalue weighted by Crippen LogP contribution is 2.23. The lowest BCUT2D eigenvalue weighted by Gasteiger charge is -2.08. The van der Waals surface area contributed by atoms with E-state index in [1.165, 1.54) is 18.2 Å². The molecule has 4 rings (SSSR count). The molecule has 8 heteroatoms. The highest BCUT2D eigenvalue weighted by atomic mass is 19.1. The number of carbonyl (C=O) groups is 3. The summed E-state index contributed by atoms with van der Waals surface area (Å²) < 4.78 is 13.6. The Morgan fingerprint density at radius 1 is 0.941 bits per heavy atom. The summed E-state index contributed by atoms with van der Waals surface area (Å²) in [5, 5.41) is 8.99. The van der Waals surface area contributed by atoms with E-state index in [1.54, 1.807) is 42.5 Å². The Balaban J connectivity index is 1.57. The Hall–Kier alpha value is -4.85. The minimum atomic E-state index is -0.757. The van der Waals surface area contributed by atoms with Crippen LogP contribution < -0.4 is 16.1 Å². The quantitative estimate of drug-likeness (QED) is 0.301. The van der Waals surface area contributed by atoms with Crippen LogP contribution in [0.25, 0.3) is 6.08 Å². The second-order valence-corrected chi connectivity index (χ2v) is 7.22. The molecule has 0 aromatic heterocycles. The first-order valence-electron chi connectivity index (χ1n) is 10.3. The van der Waals surface area contributed by atoms with Crippen molar-refractivity contribution in [1.82, 2.24) is 10.7 Å². The molecular formula is C26H19FN4O3. The van der Waals surface area contributed by atoms with Crippen molar-refractivity contribution in [3.8, 4) is 0 Å². The van der Waals surface area contributed by atoms with E-state index < -0.39 is 23.5 Å². The zero-order valence-corrected chi connectivity index (χ0v) is 17.8. The summed E-state index contributed by atoms with van der Waals surface area (Å²) in [7, 11) is 0. The Morgan fingerprint density at radius 2 is 1.65 bits per heavy atom. The summed E-state index contributed by atoms with van der Waals surface area (Å²) in [5.74, 6) is -2.37. The van der Waals surface area contributed by atoms with Crippen LogP contribution in [0.5, 0.6) is 0 Å². The zero-order chi connectivity index (χ0) is 23.9. The van der Waals surface area contributed by atoms with Crippen LogP contribution in [-0.2, 0) is 9.59 Å². The van der Waals surface area contributed by atoms with Gasteiger partial charge in [-0.25, -0.2) is 9.82 Å². The van der Waals surface area contributed by atoms with Crippen LogP contribution in [0.2, 0.25) is 0 Å². The highest BCUT2D eigenvalue weighted by molar-refractivity contribution is 6.53. The molecular weight excluding hydrogens is 435 g/mol. The number of benzene rings is 3. The summed E-state index contributed by atoms with van der Waals surface area (Å²) in [6.45, 7) is 0. The average molecular weight is 454 g/mol. The molecule has 0 saturated heterocycles. The molecule has 0 fully saturated rings. The fraction of sp³-hybridized carbons (Fsp3) is 0. The van der Waals surface area contributed by atoms with Crippen LogP contribution in [0.1, 0.15) is 21.5 Å². The van der Waals surface area contributed by atoms with Crippen molar-refractivity contribution in [2.45, 2.75) is 0 Å². The monoisotopic (exact) mass is 454 g/mol. The topological polar surface area (TPSA) is 99.7 Å². The Bertz CT molecular complexity index is 1330. The summed E-state index contributed by atoms with van der Waals surface area (Å²) >= 11 is 0. The first kappa shape index (κ1) is 22.3. The lowest BCUT2D eigenvalue weighted by atomic mass is 10.1. The zero-order valence-electron chi connectivity index (χ0n) is 17.8. The number of rotatable bonds is 6. The van der Waals surface area contributed by atoms with Gasteiger partial charge in [0.25, 0.3) is 17.7 Å². The third-order valence-electron chi connectivity index (χ3n) is 4.85. The van der Waals surface area contributed by atoms with Crippen molar-refractivity contribution in [1.29, 1.82) is 0 Å². The van der Waals surface area contributed by atoms with Crippen molar-refractivity contribution in [2.75, 3.05) is 5.32 Å². The standard InChI is InChI=1S/C26H19FN4O3/c27-19-14-15-21-20(16-19)23(26(34)28-21)30-31-25(33)22(13-7-10-17-8-3-1-4-9-17)29-24(32)18-11-5-2-6-12-18/h1-16H,(H,29,32)(H,31,33)(H,28,30,34)/b10-7+,22-13-. The summed E-state index contributed by atoms with van der Waals surface area (Å²) in [5.41, 5.74) is 3.91. The van der Waals surface area contributed by atoms with E-state index in [9.17, 15) is 18.8 Å². The van der Waals surface area contributed by atoms with E-state index in [-0.39, 0.29) is 17.0 Å². The van der Waals surface area contributed by atoms with Crippen LogP contribution in [-0.4, -0.2) is 23.4 Å². The maximum absolute atomic E-state index is 13.6. The summed E-state index contributed by atoms with van der Waals surface area (Å²) in [4.78, 5) is 37.7. The number of carbonyl (C=O) groups excluding carboxylic acids is 3. The van der Waals surface area contributed by atoms with Gasteiger partial charge in [0.1, 0.15) is 11.5 Å². The van der Waals surface area contributed by atoms with Crippen molar-refractivity contribution >= 4 is 35.2 Å². The molecule has 3 aromatic carbocycles. The first-order valence-corrected chi connectivity index (χ1v) is 10.3. The fourth-order valence-electron chi connectivity index (χ4n) is 3.18. The maximum Gasteiger partial charge on any atom is 0.287 e. The van der Waals surface area contributed by atoms with E-state index in [2.05, 4.69) is 21.2 Å². The van der Waals surface area contributed by atoms with Gasteiger partial charge in [0.2, 0.25) is 0 Å². The largest absolute Gasteiger partial charge is 0.320 e. The second-order valence-electron chi connectivity index (χ2n) is 7.22. The number of allylic oxidation sites excluding steroid dienone is 2. The van der Waals surface area contributed by atoms with Gasteiger partial charge in [-0.15, -0.1) is 0 Å². The smallest absolute Gasteiger partial charge is 0.287 e. The molecule has 0 bridgehead atoms. The number of anilines is 1. The van der Waals surface area contributed by atoms with Crippen molar-refractivity contribution < 1.29 is 18.8 Å². The predicted octanol–water partition coefficient (Wildman–Crippen LogP) is 3.63. The number of halogens is 1. The lowest BCUT2D eigenvalue weighted by Crippen LogP contribution is -2.33. The maximum atomic E-state index is 13.6. The fourth-order valence-corrected chi connectivity index (χ4v) is 3.18. The number of nitrogens with zero attached hydrogens (tertiary/aromatic N) is 1. The predicted molar refractivity (Wildman–Crippen MR) is 127 cm³/mol. The minimum absolute atomic E-state index is 0.0942. The van der Waals surface area contributed by atoms with Crippen LogP contribution in [0.15, 0.2) is 102 Å². The van der Waals surface area contributed by atoms with Crippen LogP contribution >= 0.6 is 0 Å². The molecule has 0 unspecified atom stereocenters. The highest BCUT2D eigenvalue weighted by Gasteiger charge is 2.27. The van der Waals surface area contributed by atoms with Crippen molar-refractivity contribution in [3.63, 3.8) is 0 Å². The van der Waals surface area contributed by atoms with Gasteiger partial charge < -0.3 is 10.6 Å². The SMILES string of the molecule is O=C(N/N=C1/C(=O)Nc2ccc(F)cc21)/C(=C/C=C/c1ccccc1)NC(=O)c1ccccc1. The Kier molecular flexibility index (Phi) is 6.69. The number of nitrogens with one attached hydrogen (secondary N) is 3. The number of amides is 3. The van der Waals surface area contributed by atoms with Gasteiger partial charge in [0, 0.05) is 11.1 Å². The lowest BCUT2D eigenvalue weighted by molar-refractivity contribution is -0.117. The Labute approximate surface area is 194 Å². The normalized spacial score (nSPS) is 14.1. The van der Waals surface area contributed by atoms with E-state index >= 15 is 0 Å². The molecule has 3 aromatic rings. The molecule has 0 radical (unpaired) electrons. The summed E-state index contributed by atoms with van der Waals surface area (Å²) in [6.07, 6.45) is 4.79.